The molecule has 152 valence electrons. The maximum Gasteiger partial charge on any atom is 0.265 e. The lowest BCUT2D eigenvalue weighted by Crippen LogP contribution is -2.10. The molecule has 0 saturated heterocycles. The van der Waals surface area contributed by atoms with Gasteiger partial charge in [-0.05, 0) is 79.6 Å². The van der Waals surface area contributed by atoms with Crippen LogP contribution in [-0.4, -0.2) is 32.5 Å². The Morgan fingerprint density at radius 3 is 2.77 bits per heavy atom. The molecule has 7 nitrogen and oxygen atoms in total. The Kier molecular flexibility index (Phi) is 5.01. The zero-order valence-electron chi connectivity index (χ0n) is 16.9. The van der Waals surface area contributed by atoms with Gasteiger partial charge in [-0.1, -0.05) is 13.0 Å². The first kappa shape index (κ1) is 18.5. The van der Waals surface area contributed by atoms with Crippen LogP contribution in [0.5, 0.6) is 5.75 Å². The molecule has 1 fully saturated rings. The molecule has 1 aliphatic carbocycles. The third kappa shape index (κ3) is 3.83. The smallest absolute Gasteiger partial charge is 0.265 e. The summed E-state index contributed by atoms with van der Waals surface area (Å²) in [5.41, 5.74) is 7.55. The second-order valence-electron chi connectivity index (χ2n) is 7.65. The van der Waals surface area contributed by atoms with E-state index in [1.807, 2.05) is 24.3 Å². The second kappa shape index (κ2) is 8.10. The van der Waals surface area contributed by atoms with Crippen molar-refractivity contribution in [2.75, 3.05) is 5.43 Å². The van der Waals surface area contributed by atoms with Crippen molar-refractivity contribution >= 4 is 34.2 Å². The fourth-order valence-electron chi connectivity index (χ4n) is 3.88. The Balaban J connectivity index is 1.27. The lowest BCUT2D eigenvalue weighted by molar-refractivity contribution is 0.210. The summed E-state index contributed by atoms with van der Waals surface area (Å²) in [5.74, 6) is 1.26. The number of rotatable bonds is 6. The number of fused-ring (bicyclic) bond motifs is 3. The SMILES string of the molecule is CCc1ccc2[nH]c3nc(N/N=C/c4ccc(OC5CCCC5)cc4)nnc3c2c1. The molecule has 30 heavy (non-hydrogen) atoms. The van der Waals surface area contributed by atoms with Gasteiger partial charge in [0.25, 0.3) is 5.95 Å². The number of aryl methyl sites for hydroxylation is 1. The van der Waals surface area contributed by atoms with Crippen molar-refractivity contribution < 1.29 is 4.74 Å². The summed E-state index contributed by atoms with van der Waals surface area (Å²) >= 11 is 0. The molecule has 0 amide bonds. The summed E-state index contributed by atoms with van der Waals surface area (Å²) in [6, 6.07) is 14.2. The first-order valence-corrected chi connectivity index (χ1v) is 10.5. The van der Waals surface area contributed by atoms with Crippen LogP contribution in [0.1, 0.15) is 43.7 Å². The number of aromatic nitrogens is 4. The number of hydrogen-bond donors (Lipinski definition) is 2. The molecule has 2 heterocycles. The van der Waals surface area contributed by atoms with Crippen LogP contribution >= 0.6 is 0 Å². The third-order valence-electron chi connectivity index (χ3n) is 5.55. The van der Waals surface area contributed by atoms with Crippen LogP contribution in [-0.2, 0) is 6.42 Å². The van der Waals surface area contributed by atoms with Crippen molar-refractivity contribution in [3.63, 3.8) is 0 Å². The third-order valence-corrected chi connectivity index (χ3v) is 5.55. The summed E-state index contributed by atoms with van der Waals surface area (Å²) in [6.07, 6.45) is 7.91. The van der Waals surface area contributed by atoms with Crippen molar-refractivity contribution in [1.82, 2.24) is 20.2 Å². The summed E-state index contributed by atoms with van der Waals surface area (Å²) < 4.78 is 5.99. The molecular formula is C23H24N6O. The van der Waals surface area contributed by atoms with E-state index in [2.05, 4.69) is 55.8 Å². The minimum atomic E-state index is 0.349. The molecule has 2 aromatic heterocycles. The molecule has 0 unspecified atom stereocenters. The molecule has 0 spiro atoms. The zero-order valence-corrected chi connectivity index (χ0v) is 16.9. The summed E-state index contributed by atoms with van der Waals surface area (Å²) in [5, 5.41) is 13.8. The van der Waals surface area contributed by atoms with Crippen LogP contribution in [0.3, 0.4) is 0 Å². The summed E-state index contributed by atoms with van der Waals surface area (Å²) in [4.78, 5) is 7.79. The number of ether oxygens (including phenoxy) is 1. The highest BCUT2D eigenvalue weighted by molar-refractivity contribution is 6.03. The van der Waals surface area contributed by atoms with Crippen molar-refractivity contribution in [1.29, 1.82) is 0 Å². The van der Waals surface area contributed by atoms with Gasteiger partial charge in [-0.2, -0.15) is 10.1 Å². The first-order chi connectivity index (χ1) is 14.8. The van der Waals surface area contributed by atoms with Gasteiger partial charge in [-0.25, -0.2) is 5.43 Å². The number of hydrazone groups is 1. The monoisotopic (exact) mass is 400 g/mol. The molecular weight excluding hydrogens is 376 g/mol. The summed E-state index contributed by atoms with van der Waals surface area (Å²) in [6.45, 7) is 2.14. The number of benzene rings is 2. The number of hydrogen-bond acceptors (Lipinski definition) is 6. The highest BCUT2D eigenvalue weighted by Gasteiger charge is 2.16. The number of H-pyrrole nitrogens is 1. The number of nitrogens with zero attached hydrogens (tertiary/aromatic N) is 4. The van der Waals surface area contributed by atoms with E-state index in [0.29, 0.717) is 17.7 Å². The van der Waals surface area contributed by atoms with Crippen LogP contribution in [0.25, 0.3) is 22.1 Å². The normalized spacial score (nSPS) is 14.8. The number of nitrogens with one attached hydrogen (secondary N) is 2. The van der Waals surface area contributed by atoms with Gasteiger partial charge < -0.3 is 9.72 Å². The van der Waals surface area contributed by atoms with Gasteiger partial charge in [-0.15, -0.1) is 10.2 Å². The van der Waals surface area contributed by atoms with Gasteiger partial charge in [0.2, 0.25) is 0 Å². The minimum Gasteiger partial charge on any atom is -0.490 e. The average molecular weight is 400 g/mol. The standard InChI is InChI=1S/C23H24N6O/c1-2-15-9-12-20-19(13-15)21-22(25-20)26-23(29-27-21)28-24-14-16-7-10-18(11-8-16)30-17-5-3-4-6-17/h7-14,17H,2-6H2,1H3,(H2,25,26,28,29)/b24-14+. The van der Waals surface area contributed by atoms with E-state index >= 15 is 0 Å². The Morgan fingerprint density at radius 1 is 1.13 bits per heavy atom. The maximum absolute atomic E-state index is 5.99. The topological polar surface area (TPSA) is 88.1 Å². The van der Waals surface area contributed by atoms with E-state index in [9.17, 15) is 0 Å². The fourth-order valence-corrected chi connectivity index (χ4v) is 3.88. The van der Waals surface area contributed by atoms with Gasteiger partial charge >= 0.3 is 0 Å². The first-order valence-electron chi connectivity index (χ1n) is 10.5. The Labute approximate surface area is 174 Å². The number of anilines is 1. The number of aromatic amines is 1. The molecule has 2 N–H and O–H groups in total. The van der Waals surface area contributed by atoms with Gasteiger partial charge in [-0.3, -0.25) is 0 Å². The molecule has 2 aromatic carbocycles. The van der Waals surface area contributed by atoms with Gasteiger partial charge in [0.1, 0.15) is 11.3 Å². The predicted octanol–water partition coefficient (Wildman–Crippen LogP) is 4.84. The van der Waals surface area contributed by atoms with Crippen LogP contribution < -0.4 is 10.2 Å². The van der Waals surface area contributed by atoms with E-state index < -0.39 is 0 Å². The maximum atomic E-state index is 5.99. The molecule has 1 aliphatic rings. The van der Waals surface area contributed by atoms with E-state index in [1.54, 1.807) is 6.21 Å². The Hall–Kier alpha value is -3.48. The van der Waals surface area contributed by atoms with E-state index in [1.165, 1.54) is 18.4 Å². The van der Waals surface area contributed by atoms with Crippen LogP contribution in [0, 0.1) is 0 Å². The molecule has 5 rings (SSSR count). The van der Waals surface area contributed by atoms with E-state index in [4.69, 9.17) is 4.74 Å². The highest BCUT2D eigenvalue weighted by Crippen LogP contribution is 2.25. The predicted molar refractivity (Wildman–Crippen MR) is 119 cm³/mol. The molecule has 7 heteroatoms. The summed E-state index contributed by atoms with van der Waals surface area (Å²) in [7, 11) is 0. The van der Waals surface area contributed by atoms with Gasteiger partial charge in [0.15, 0.2) is 5.65 Å². The fraction of sp³-hybridized carbons (Fsp3) is 0.304. The molecule has 0 aliphatic heterocycles. The van der Waals surface area contributed by atoms with E-state index in [0.717, 1.165) is 47.0 Å². The van der Waals surface area contributed by atoms with Crippen LogP contribution in [0.4, 0.5) is 5.95 Å². The van der Waals surface area contributed by atoms with Gasteiger partial charge in [0.05, 0.1) is 12.3 Å². The zero-order chi connectivity index (χ0) is 20.3. The lowest BCUT2D eigenvalue weighted by Gasteiger charge is -2.12. The quantitative estimate of drug-likeness (QED) is 0.357. The van der Waals surface area contributed by atoms with E-state index in [-0.39, 0.29) is 0 Å². The molecule has 0 radical (unpaired) electrons. The molecule has 0 atom stereocenters. The highest BCUT2D eigenvalue weighted by atomic mass is 16.5. The van der Waals surface area contributed by atoms with Crippen molar-refractivity contribution in [2.45, 2.75) is 45.1 Å². The van der Waals surface area contributed by atoms with Gasteiger partial charge in [0, 0.05) is 10.9 Å². The average Bonchev–Trinajstić information content (AvgIpc) is 3.41. The molecule has 0 bridgehead atoms. The van der Waals surface area contributed by atoms with Crippen molar-refractivity contribution in [3.05, 3.63) is 53.6 Å². The Morgan fingerprint density at radius 2 is 1.97 bits per heavy atom. The van der Waals surface area contributed by atoms with Crippen molar-refractivity contribution in [3.8, 4) is 5.75 Å². The Bertz CT molecular complexity index is 1190. The molecule has 4 aromatic rings. The van der Waals surface area contributed by atoms with Crippen molar-refractivity contribution in [2.24, 2.45) is 5.10 Å². The van der Waals surface area contributed by atoms with Crippen LogP contribution in [0.15, 0.2) is 47.6 Å². The largest absolute Gasteiger partial charge is 0.490 e. The molecule has 1 saturated carbocycles. The minimum absolute atomic E-state index is 0.349. The second-order valence-corrected chi connectivity index (χ2v) is 7.65. The lowest BCUT2D eigenvalue weighted by atomic mass is 10.1. The van der Waals surface area contributed by atoms with Crippen LogP contribution in [0.2, 0.25) is 0 Å².